The Morgan fingerprint density at radius 3 is 2.34 bits per heavy atom. The lowest BCUT2D eigenvalue weighted by atomic mass is 10.1. The molecule has 2 aromatic carbocycles. The van der Waals surface area contributed by atoms with Crippen molar-refractivity contribution in [1.29, 1.82) is 0 Å². The van der Waals surface area contributed by atoms with E-state index < -0.39 is 0 Å². The van der Waals surface area contributed by atoms with Crippen molar-refractivity contribution in [2.75, 3.05) is 38.0 Å². The third kappa shape index (κ3) is 5.78. The van der Waals surface area contributed by atoms with Crippen LogP contribution in [0.4, 0.5) is 5.69 Å². The molecule has 5 nitrogen and oxygen atoms in total. The third-order valence-corrected chi connectivity index (χ3v) is 5.40. The highest BCUT2D eigenvalue weighted by molar-refractivity contribution is 5.93. The summed E-state index contributed by atoms with van der Waals surface area (Å²) < 4.78 is 0. The van der Waals surface area contributed by atoms with Gasteiger partial charge in [0.15, 0.2) is 6.54 Å². The molecule has 1 fully saturated rings. The van der Waals surface area contributed by atoms with Crippen LogP contribution >= 0.6 is 0 Å². The second-order valence-electron chi connectivity index (χ2n) is 7.81. The number of anilines is 1. The van der Waals surface area contributed by atoms with E-state index >= 15 is 0 Å². The monoisotopic (exact) mass is 392 g/mol. The van der Waals surface area contributed by atoms with Gasteiger partial charge < -0.3 is 15.1 Å². The first-order valence-electron chi connectivity index (χ1n) is 10.2. The van der Waals surface area contributed by atoms with Crippen molar-refractivity contribution in [3.63, 3.8) is 0 Å². The summed E-state index contributed by atoms with van der Waals surface area (Å²) in [6.45, 7) is 9.38. The van der Waals surface area contributed by atoms with E-state index in [-0.39, 0.29) is 11.8 Å². The molecule has 1 saturated heterocycles. The van der Waals surface area contributed by atoms with Gasteiger partial charge in [0.25, 0.3) is 5.91 Å². The second kappa shape index (κ2) is 9.52. The van der Waals surface area contributed by atoms with Gasteiger partial charge in [-0.2, -0.15) is 0 Å². The van der Waals surface area contributed by atoms with E-state index in [4.69, 9.17) is 0 Å². The normalized spacial score (nSPS) is 14.9. The maximum atomic E-state index is 12.5. The quantitative estimate of drug-likeness (QED) is 0.765. The van der Waals surface area contributed by atoms with E-state index in [1.807, 2.05) is 68.1 Å². The molecule has 0 spiro atoms. The standard InChI is InChI=1S/C24H29N3O2/c1-18-6-4-9-21(16-18)10-11-23(29)27-14-12-26(13-15-27)17-22(28)25-24-19(2)7-5-8-20(24)3/h4-11,16H,12-15,17H2,1-3H3,(H,25,28)/p+1/b11-10+. The molecule has 5 heteroatoms. The third-order valence-electron chi connectivity index (χ3n) is 5.40. The lowest BCUT2D eigenvalue weighted by Gasteiger charge is -2.31. The molecule has 0 atom stereocenters. The Bertz CT molecular complexity index is 892. The van der Waals surface area contributed by atoms with Gasteiger partial charge in [-0.25, -0.2) is 0 Å². The first-order valence-corrected chi connectivity index (χ1v) is 10.2. The molecule has 0 unspecified atom stereocenters. The molecule has 2 aromatic rings. The number of benzene rings is 2. The van der Waals surface area contributed by atoms with Gasteiger partial charge in [0.1, 0.15) is 0 Å². The highest BCUT2D eigenvalue weighted by Gasteiger charge is 2.24. The number of amides is 2. The van der Waals surface area contributed by atoms with Crippen molar-refractivity contribution < 1.29 is 14.5 Å². The molecule has 29 heavy (non-hydrogen) atoms. The zero-order valence-electron chi connectivity index (χ0n) is 17.5. The smallest absolute Gasteiger partial charge is 0.279 e. The number of hydrogen-bond acceptors (Lipinski definition) is 2. The summed E-state index contributed by atoms with van der Waals surface area (Å²) in [5.74, 6) is 0.0575. The molecule has 0 radical (unpaired) electrons. The fraction of sp³-hybridized carbons (Fsp3) is 0.333. The van der Waals surface area contributed by atoms with Crippen LogP contribution in [0.1, 0.15) is 22.3 Å². The molecular weight excluding hydrogens is 362 g/mol. The van der Waals surface area contributed by atoms with Crippen LogP contribution in [-0.4, -0.2) is 49.4 Å². The van der Waals surface area contributed by atoms with Crippen LogP contribution in [0.2, 0.25) is 0 Å². The Labute approximate surface area is 173 Å². The summed E-state index contributed by atoms with van der Waals surface area (Å²) >= 11 is 0. The molecule has 0 aromatic heterocycles. The molecule has 2 amide bonds. The average Bonchev–Trinajstić information content (AvgIpc) is 2.70. The topological polar surface area (TPSA) is 53.9 Å². The largest absolute Gasteiger partial charge is 0.328 e. The van der Waals surface area contributed by atoms with Crippen LogP contribution in [0, 0.1) is 20.8 Å². The zero-order chi connectivity index (χ0) is 20.8. The van der Waals surface area contributed by atoms with Crippen LogP contribution in [0.3, 0.4) is 0 Å². The summed E-state index contributed by atoms with van der Waals surface area (Å²) in [5, 5.41) is 3.05. The van der Waals surface area contributed by atoms with E-state index in [2.05, 4.69) is 11.4 Å². The van der Waals surface area contributed by atoms with Crippen molar-refractivity contribution in [2.24, 2.45) is 0 Å². The van der Waals surface area contributed by atoms with Gasteiger partial charge in [-0.15, -0.1) is 0 Å². The highest BCUT2D eigenvalue weighted by Crippen LogP contribution is 2.18. The van der Waals surface area contributed by atoms with E-state index in [9.17, 15) is 9.59 Å². The summed E-state index contributed by atoms with van der Waals surface area (Å²) in [6.07, 6.45) is 3.51. The lowest BCUT2D eigenvalue weighted by Crippen LogP contribution is -3.15. The van der Waals surface area contributed by atoms with Crippen LogP contribution in [0.15, 0.2) is 48.5 Å². The predicted molar refractivity (Wildman–Crippen MR) is 117 cm³/mol. The van der Waals surface area contributed by atoms with E-state index in [1.165, 1.54) is 10.5 Å². The minimum Gasteiger partial charge on any atom is -0.328 e. The summed E-state index contributed by atoms with van der Waals surface area (Å²) in [4.78, 5) is 28.0. The Morgan fingerprint density at radius 1 is 1.03 bits per heavy atom. The number of piperazine rings is 1. The molecule has 3 rings (SSSR count). The Hall–Kier alpha value is -2.92. The maximum absolute atomic E-state index is 12.5. The van der Waals surface area contributed by atoms with E-state index in [0.717, 1.165) is 35.5 Å². The van der Waals surface area contributed by atoms with Crippen LogP contribution in [0.5, 0.6) is 0 Å². The van der Waals surface area contributed by atoms with Crippen molar-refractivity contribution >= 4 is 23.6 Å². The zero-order valence-corrected chi connectivity index (χ0v) is 17.5. The Kier molecular flexibility index (Phi) is 6.83. The fourth-order valence-electron chi connectivity index (χ4n) is 3.69. The summed E-state index contributed by atoms with van der Waals surface area (Å²) in [7, 11) is 0. The molecule has 0 aliphatic carbocycles. The number of para-hydroxylation sites is 1. The van der Waals surface area contributed by atoms with Crippen LogP contribution in [0.25, 0.3) is 6.08 Å². The molecule has 0 bridgehead atoms. The number of aryl methyl sites for hydroxylation is 3. The van der Waals surface area contributed by atoms with Crippen molar-refractivity contribution in [2.45, 2.75) is 20.8 Å². The number of nitrogens with zero attached hydrogens (tertiary/aromatic N) is 1. The van der Waals surface area contributed by atoms with Crippen molar-refractivity contribution in [3.05, 3.63) is 70.8 Å². The SMILES string of the molecule is Cc1cccc(/C=C/C(=O)N2CC[NH+](CC(=O)Nc3c(C)cccc3C)CC2)c1. The number of nitrogens with one attached hydrogen (secondary N) is 2. The van der Waals surface area contributed by atoms with Crippen LogP contribution < -0.4 is 10.2 Å². The Morgan fingerprint density at radius 2 is 1.69 bits per heavy atom. The van der Waals surface area contributed by atoms with Crippen molar-refractivity contribution in [1.82, 2.24) is 4.90 Å². The number of carbonyl (C=O) groups is 2. The molecule has 152 valence electrons. The van der Waals surface area contributed by atoms with Gasteiger partial charge in [0.2, 0.25) is 5.91 Å². The maximum Gasteiger partial charge on any atom is 0.279 e. The number of rotatable bonds is 5. The highest BCUT2D eigenvalue weighted by atomic mass is 16.2. The lowest BCUT2D eigenvalue weighted by molar-refractivity contribution is -0.895. The predicted octanol–water partition coefficient (Wildman–Crippen LogP) is 1.99. The number of carbonyl (C=O) groups excluding carboxylic acids is 2. The van der Waals surface area contributed by atoms with Gasteiger partial charge in [-0.3, -0.25) is 9.59 Å². The molecule has 1 heterocycles. The molecule has 1 aliphatic heterocycles. The summed E-state index contributed by atoms with van der Waals surface area (Å²) in [6, 6.07) is 14.1. The average molecular weight is 393 g/mol. The Balaban J connectivity index is 1.47. The molecule has 2 N–H and O–H groups in total. The van der Waals surface area contributed by atoms with Crippen LogP contribution in [-0.2, 0) is 9.59 Å². The van der Waals surface area contributed by atoms with E-state index in [0.29, 0.717) is 19.6 Å². The summed E-state index contributed by atoms with van der Waals surface area (Å²) in [5.41, 5.74) is 5.27. The molecule has 0 saturated carbocycles. The molecule has 1 aliphatic rings. The first kappa shape index (κ1) is 20.8. The van der Waals surface area contributed by atoms with Gasteiger partial charge >= 0.3 is 0 Å². The second-order valence-corrected chi connectivity index (χ2v) is 7.81. The minimum absolute atomic E-state index is 0.0246. The van der Waals surface area contributed by atoms with Gasteiger partial charge in [-0.05, 0) is 43.5 Å². The minimum atomic E-state index is 0.0246. The van der Waals surface area contributed by atoms with Gasteiger partial charge in [0, 0.05) is 11.8 Å². The first-order chi connectivity index (χ1) is 13.9. The van der Waals surface area contributed by atoms with Gasteiger partial charge in [-0.1, -0.05) is 48.0 Å². The number of quaternary nitrogens is 1. The molecular formula is C24H30N3O2+. The number of hydrogen-bond donors (Lipinski definition) is 2. The van der Waals surface area contributed by atoms with Gasteiger partial charge in [0.05, 0.1) is 26.2 Å². The van der Waals surface area contributed by atoms with Crippen molar-refractivity contribution in [3.8, 4) is 0 Å². The fourth-order valence-corrected chi connectivity index (χ4v) is 3.69. The van der Waals surface area contributed by atoms with E-state index in [1.54, 1.807) is 6.08 Å².